The molecule has 1 rings (SSSR count). The fraction of sp³-hybridized carbons (Fsp3) is 0.467. The Bertz CT molecular complexity index is 457. The summed E-state index contributed by atoms with van der Waals surface area (Å²) in [5, 5.41) is 2.67. The van der Waals surface area contributed by atoms with Gasteiger partial charge in [-0.25, -0.2) is 0 Å². The third-order valence-electron chi connectivity index (χ3n) is 2.52. The molecule has 0 saturated carbocycles. The van der Waals surface area contributed by atoms with E-state index in [1.807, 2.05) is 13.8 Å². The molecule has 0 radical (unpaired) electrons. The highest BCUT2D eigenvalue weighted by Gasteiger charge is 2.08. The monoisotopic (exact) mass is 279 g/mol. The molecule has 0 aliphatic heterocycles. The van der Waals surface area contributed by atoms with E-state index in [0.29, 0.717) is 23.8 Å². The van der Waals surface area contributed by atoms with Crippen molar-refractivity contribution in [2.45, 2.75) is 20.3 Å². The minimum absolute atomic E-state index is 0.169. The van der Waals surface area contributed by atoms with Gasteiger partial charge in [0.15, 0.2) is 0 Å². The maximum absolute atomic E-state index is 11.8. The van der Waals surface area contributed by atoms with E-state index < -0.39 is 0 Å². The summed E-state index contributed by atoms with van der Waals surface area (Å²) in [6.07, 6.45) is 0.169. The number of methoxy groups -OCH3 is 1. The predicted octanol–water partition coefficient (Wildman–Crippen LogP) is 2.01. The first-order valence-electron chi connectivity index (χ1n) is 6.60. The molecule has 1 aromatic carbocycles. The van der Waals surface area contributed by atoms with Crippen molar-refractivity contribution in [1.29, 1.82) is 0 Å². The van der Waals surface area contributed by atoms with Gasteiger partial charge in [0.05, 0.1) is 20.1 Å². The van der Waals surface area contributed by atoms with Gasteiger partial charge in [-0.05, 0) is 24.1 Å². The molecule has 1 N–H and O–H groups in total. The molecule has 1 amide bonds. The maximum Gasteiger partial charge on any atom is 0.307 e. The Balaban J connectivity index is 2.34. The highest BCUT2D eigenvalue weighted by Crippen LogP contribution is 2.12. The molecule has 1 aromatic rings. The van der Waals surface area contributed by atoms with Crippen LogP contribution in [0.1, 0.15) is 30.6 Å². The molecule has 0 fully saturated rings. The Morgan fingerprint density at radius 3 is 2.70 bits per heavy atom. The number of amides is 1. The summed E-state index contributed by atoms with van der Waals surface area (Å²) in [6, 6.07) is 6.84. The van der Waals surface area contributed by atoms with E-state index in [-0.39, 0.29) is 24.8 Å². The van der Waals surface area contributed by atoms with Crippen LogP contribution in [-0.4, -0.2) is 32.1 Å². The van der Waals surface area contributed by atoms with Gasteiger partial charge in [0, 0.05) is 12.1 Å². The van der Waals surface area contributed by atoms with Crippen molar-refractivity contribution in [1.82, 2.24) is 5.32 Å². The summed E-state index contributed by atoms with van der Waals surface area (Å²) in [5.41, 5.74) is 0.500. The van der Waals surface area contributed by atoms with Crippen molar-refractivity contribution in [2.24, 2.45) is 5.92 Å². The molecular weight excluding hydrogens is 258 g/mol. The van der Waals surface area contributed by atoms with Crippen LogP contribution in [0.15, 0.2) is 24.3 Å². The van der Waals surface area contributed by atoms with Crippen LogP contribution in [-0.2, 0) is 9.53 Å². The third-order valence-corrected chi connectivity index (χ3v) is 2.52. The van der Waals surface area contributed by atoms with E-state index >= 15 is 0 Å². The molecule has 5 nitrogen and oxygen atoms in total. The van der Waals surface area contributed by atoms with Crippen molar-refractivity contribution in [3.63, 3.8) is 0 Å². The lowest BCUT2D eigenvalue weighted by molar-refractivity contribution is -0.144. The number of ether oxygens (including phenoxy) is 2. The van der Waals surface area contributed by atoms with Gasteiger partial charge in [-0.3, -0.25) is 9.59 Å². The van der Waals surface area contributed by atoms with Crippen LogP contribution < -0.4 is 10.1 Å². The van der Waals surface area contributed by atoms with Gasteiger partial charge in [-0.15, -0.1) is 0 Å². The van der Waals surface area contributed by atoms with Crippen molar-refractivity contribution in [3.05, 3.63) is 29.8 Å². The van der Waals surface area contributed by atoms with Gasteiger partial charge < -0.3 is 14.8 Å². The molecule has 0 aliphatic rings. The fourth-order valence-corrected chi connectivity index (χ4v) is 1.48. The maximum atomic E-state index is 11.8. The van der Waals surface area contributed by atoms with Crippen LogP contribution in [0, 0.1) is 5.92 Å². The average molecular weight is 279 g/mol. The third kappa shape index (κ3) is 5.73. The van der Waals surface area contributed by atoms with E-state index in [0.717, 1.165) is 0 Å². The standard InChI is InChI=1S/C15H21NO4/c1-11(2)10-20-14(17)7-8-16-15(18)12-5-4-6-13(9-12)19-3/h4-6,9,11H,7-8,10H2,1-3H3,(H,16,18). The number of rotatable bonds is 7. The molecule has 0 aromatic heterocycles. The summed E-state index contributed by atoms with van der Waals surface area (Å²) >= 11 is 0. The number of carbonyl (C=O) groups is 2. The Hall–Kier alpha value is -2.04. The molecule has 0 bridgehead atoms. The Kier molecular flexibility index (Phi) is 6.56. The predicted molar refractivity (Wildman–Crippen MR) is 75.7 cm³/mol. The molecule has 0 heterocycles. The second kappa shape index (κ2) is 8.19. The second-order valence-corrected chi connectivity index (χ2v) is 4.81. The van der Waals surface area contributed by atoms with E-state index in [1.165, 1.54) is 0 Å². The molecule has 5 heteroatoms. The first kappa shape index (κ1) is 16.0. The fourth-order valence-electron chi connectivity index (χ4n) is 1.48. The molecule has 0 spiro atoms. The van der Waals surface area contributed by atoms with Crippen LogP contribution in [0.25, 0.3) is 0 Å². The topological polar surface area (TPSA) is 64.6 Å². The first-order valence-corrected chi connectivity index (χ1v) is 6.60. The molecule has 0 saturated heterocycles. The molecule has 0 aliphatic carbocycles. The number of hydrogen-bond acceptors (Lipinski definition) is 4. The molecule has 0 unspecified atom stereocenters. The second-order valence-electron chi connectivity index (χ2n) is 4.81. The van der Waals surface area contributed by atoms with Gasteiger partial charge in [-0.1, -0.05) is 19.9 Å². The first-order chi connectivity index (χ1) is 9.52. The minimum atomic E-state index is -0.301. The van der Waals surface area contributed by atoms with Gasteiger partial charge in [0.2, 0.25) is 0 Å². The zero-order valence-electron chi connectivity index (χ0n) is 12.1. The number of carbonyl (C=O) groups excluding carboxylic acids is 2. The molecule has 0 atom stereocenters. The van der Waals surface area contributed by atoms with Crippen LogP contribution in [0.2, 0.25) is 0 Å². The van der Waals surface area contributed by atoms with E-state index in [9.17, 15) is 9.59 Å². The van der Waals surface area contributed by atoms with Crippen LogP contribution in [0.4, 0.5) is 0 Å². The zero-order valence-corrected chi connectivity index (χ0v) is 12.1. The average Bonchev–Trinajstić information content (AvgIpc) is 2.45. The summed E-state index contributed by atoms with van der Waals surface area (Å²) in [5.74, 6) is 0.393. The number of benzene rings is 1. The lowest BCUT2D eigenvalue weighted by Crippen LogP contribution is -2.26. The summed E-state index contributed by atoms with van der Waals surface area (Å²) in [7, 11) is 1.54. The van der Waals surface area contributed by atoms with E-state index in [2.05, 4.69) is 5.32 Å². The quantitative estimate of drug-likeness (QED) is 0.775. The molecular formula is C15H21NO4. The number of hydrogen-bond donors (Lipinski definition) is 1. The summed E-state index contributed by atoms with van der Waals surface area (Å²) in [4.78, 5) is 23.2. The van der Waals surface area contributed by atoms with Crippen LogP contribution in [0.5, 0.6) is 5.75 Å². The normalized spacial score (nSPS) is 10.2. The van der Waals surface area contributed by atoms with E-state index in [4.69, 9.17) is 9.47 Å². The van der Waals surface area contributed by atoms with Crippen LogP contribution >= 0.6 is 0 Å². The number of esters is 1. The summed E-state index contributed by atoms with van der Waals surface area (Å²) in [6.45, 7) is 4.60. The smallest absolute Gasteiger partial charge is 0.307 e. The summed E-state index contributed by atoms with van der Waals surface area (Å²) < 4.78 is 10.1. The highest BCUT2D eigenvalue weighted by atomic mass is 16.5. The van der Waals surface area contributed by atoms with Crippen molar-refractivity contribution >= 4 is 11.9 Å². The van der Waals surface area contributed by atoms with Crippen molar-refractivity contribution in [3.8, 4) is 5.75 Å². The largest absolute Gasteiger partial charge is 0.497 e. The van der Waals surface area contributed by atoms with Crippen molar-refractivity contribution in [2.75, 3.05) is 20.3 Å². The highest BCUT2D eigenvalue weighted by molar-refractivity contribution is 5.94. The van der Waals surface area contributed by atoms with Gasteiger partial charge in [0.1, 0.15) is 5.75 Å². The lowest BCUT2D eigenvalue weighted by atomic mass is 10.2. The van der Waals surface area contributed by atoms with Gasteiger partial charge in [-0.2, -0.15) is 0 Å². The SMILES string of the molecule is COc1cccc(C(=O)NCCC(=O)OCC(C)C)c1. The Morgan fingerprint density at radius 2 is 2.05 bits per heavy atom. The number of nitrogens with one attached hydrogen (secondary N) is 1. The minimum Gasteiger partial charge on any atom is -0.497 e. The zero-order chi connectivity index (χ0) is 15.0. The van der Waals surface area contributed by atoms with Gasteiger partial charge >= 0.3 is 5.97 Å². The van der Waals surface area contributed by atoms with Gasteiger partial charge in [0.25, 0.3) is 5.91 Å². The van der Waals surface area contributed by atoms with Crippen molar-refractivity contribution < 1.29 is 19.1 Å². The Labute approximate surface area is 119 Å². The van der Waals surface area contributed by atoms with Crippen LogP contribution in [0.3, 0.4) is 0 Å². The Morgan fingerprint density at radius 1 is 1.30 bits per heavy atom. The molecule has 110 valence electrons. The molecule has 20 heavy (non-hydrogen) atoms. The van der Waals surface area contributed by atoms with E-state index in [1.54, 1.807) is 31.4 Å². The lowest BCUT2D eigenvalue weighted by Gasteiger charge is -2.08.